The van der Waals surface area contributed by atoms with Crippen molar-refractivity contribution in [1.29, 1.82) is 0 Å². The van der Waals surface area contributed by atoms with E-state index >= 15 is 0 Å². The first kappa shape index (κ1) is 15.9. The van der Waals surface area contributed by atoms with Gasteiger partial charge in [-0.2, -0.15) is 11.8 Å². The van der Waals surface area contributed by atoms with Gasteiger partial charge in [0.15, 0.2) is 0 Å². The van der Waals surface area contributed by atoms with Crippen LogP contribution in [0.4, 0.5) is 0 Å². The second-order valence-electron chi connectivity index (χ2n) is 5.10. The van der Waals surface area contributed by atoms with E-state index in [1.165, 1.54) is 0 Å². The normalized spacial score (nSPS) is 14.5. The van der Waals surface area contributed by atoms with Gasteiger partial charge in [-0.25, -0.2) is 0 Å². The number of benzene rings is 1. The van der Waals surface area contributed by atoms with Crippen LogP contribution in [-0.2, 0) is 22.7 Å². The van der Waals surface area contributed by atoms with E-state index in [1.807, 2.05) is 36.1 Å². The maximum atomic E-state index is 11.7. The smallest absolute Gasteiger partial charge is 0.230 e. The van der Waals surface area contributed by atoms with Gasteiger partial charge in [0.1, 0.15) is 0 Å². The molecule has 0 unspecified atom stereocenters. The maximum Gasteiger partial charge on any atom is 0.230 e. The predicted octanol–water partition coefficient (Wildman–Crippen LogP) is 2.18. The molecule has 1 heterocycles. The second kappa shape index (κ2) is 8.08. The second-order valence-corrected chi connectivity index (χ2v) is 6.38. The zero-order chi connectivity index (χ0) is 15.1. The van der Waals surface area contributed by atoms with Gasteiger partial charge in [-0.05, 0) is 23.3 Å². The number of amides is 2. The van der Waals surface area contributed by atoms with Crippen molar-refractivity contribution in [2.24, 2.45) is 0 Å². The lowest BCUT2D eigenvalue weighted by molar-refractivity contribution is -0.128. The molecule has 0 aliphatic carbocycles. The summed E-state index contributed by atoms with van der Waals surface area (Å²) in [6, 6.07) is 8.00. The summed E-state index contributed by atoms with van der Waals surface area (Å²) >= 11 is 1.62. The molecule has 1 N–H and O–H groups in total. The molecule has 0 aromatic heterocycles. The van der Waals surface area contributed by atoms with E-state index in [2.05, 4.69) is 5.32 Å². The highest BCUT2D eigenvalue weighted by Crippen LogP contribution is 2.17. The monoisotopic (exact) mass is 306 g/mol. The summed E-state index contributed by atoms with van der Waals surface area (Å²) in [6.07, 6.45) is 1.61. The van der Waals surface area contributed by atoms with Crippen LogP contribution < -0.4 is 5.32 Å². The Labute approximate surface area is 130 Å². The van der Waals surface area contributed by atoms with Gasteiger partial charge in [-0.15, -0.1) is 0 Å². The molecule has 114 valence electrons. The number of thioether (sulfide) groups is 1. The Bertz CT molecular complexity index is 505. The fourth-order valence-electron chi connectivity index (χ4n) is 2.40. The molecule has 0 spiro atoms. The van der Waals surface area contributed by atoms with E-state index in [4.69, 9.17) is 0 Å². The zero-order valence-corrected chi connectivity index (χ0v) is 13.2. The summed E-state index contributed by atoms with van der Waals surface area (Å²) in [5, 5.41) is 2.95. The molecule has 1 saturated heterocycles. The third-order valence-corrected chi connectivity index (χ3v) is 4.44. The maximum absolute atomic E-state index is 11.7. The van der Waals surface area contributed by atoms with Crippen LogP contribution >= 0.6 is 11.8 Å². The standard InChI is InChI=1S/C16H22N2O2S/c1-2-21-12-15(19)17-10-13-6-3-4-7-14(13)11-18-9-5-8-16(18)20/h3-4,6-7H,2,5,8-12H2,1H3,(H,17,19). The molecule has 21 heavy (non-hydrogen) atoms. The third kappa shape index (κ3) is 4.77. The number of hydrogen-bond donors (Lipinski definition) is 1. The molecular formula is C16H22N2O2S. The molecule has 4 nitrogen and oxygen atoms in total. The molecule has 0 bridgehead atoms. The van der Waals surface area contributed by atoms with Gasteiger partial charge < -0.3 is 10.2 Å². The third-order valence-electron chi connectivity index (χ3n) is 3.56. The van der Waals surface area contributed by atoms with Crippen molar-refractivity contribution in [3.63, 3.8) is 0 Å². The minimum absolute atomic E-state index is 0.0638. The summed E-state index contributed by atoms with van der Waals surface area (Å²) in [7, 11) is 0. The van der Waals surface area contributed by atoms with Crippen LogP contribution in [0.15, 0.2) is 24.3 Å². The van der Waals surface area contributed by atoms with Crippen molar-refractivity contribution < 1.29 is 9.59 Å². The number of hydrogen-bond acceptors (Lipinski definition) is 3. The highest BCUT2D eigenvalue weighted by Gasteiger charge is 2.20. The Morgan fingerprint density at radius 3 is 2.76 bits per heavy atom. The first-order chi connectivity index (χ1) is 10.2. The summed E-state index contributed by atoms with van der Waals surface area (Å²) < 4.78 is 0. The molecule has 1 aromatic carbocycles. The molecule has 0 radical (unpaired) electrons. The van der Waals surface area contributed by atoms with E-state index in [-0.39, 0.29) is 11.8 Å². The first-order valence-corrected chi connectivity index (χ1v) is 8.55. The number of rotatable bonds is 7. The van der Waals surface area contributed by atoms with Gasteiger partial charge in [0.25, 0.3) is 0 Å². The topological polar surface area (TPSA) is 49.4 Å². The molecule has 2 amide bonds. The van der Waals surface area contributed by atoms with Crippen molar-refractivity contribution in [3.05, 3.63) is 35.4 Å². The highest BCUT2D eigenvalue weighted by molar-refractivity contribution is 7.99. The van der Waals surface area contributed by atoms with Crippen molar-refractivity contribution in [1.82, 2.24) is 10.2 Å². The highest BCUT2D eigenvalue weighted by atomic mass is 32.2. The van der Waals surface area contributed by atoms with Crippen LogP contribution in [0, 0.1) is 0 Å². The molecular weight excluding hydrogens is 284 g/mol. The first-order valence-electron chi connectivity index (χ1n) is 7.39. The van der Waals surface area contributed by atoms with E-state index in [1.54, 1.807) is 11.8 Å². The minimum Gasteiger partial charge on any atom is -0.351 e. The molecule has 1 aliphatic rings. The van der Waals surface area contributed by atoms with E-state index in [0.717, 1.165) is 29.8 Å². The lowest BCUT2D eigenvalue weighted by Crippen LogP contribution is -2.27. The lowest BCUT2D eigenvalue weighted by atomic mass is 10.1. The molecule has 0 atom stereocenters. The Kier molecular flexibility index (Phi) is 6.11. The van der Waals surface area contributed by atoms with Gasteiger partial charge >= 0.3 is 0 Å². The largest absolute Gasteiger partial charge is 0.351 e. The van der Waals surface area contributed by atoms with E-state index < -0.39 is 0 Å². The molecule has 1 fully saturated rings. The Balaban J connectivity index is 1.93. The van der Waals surface area contributed by atoms with Gasteiger partial charge in [0, 0.05) is 26.1 Å². The predicted molar refractivity (Wildman–Crippen MR) is 85.9 cm³/mol. The molecule has 1 aromatic rings. The van der Waals surface area contributed by atoms with Crippen molar-refractivity contribution in [2.45, 2.75) is 32.9 Å². The average molecular weight is 306 g/mol. The van der Waals surface area contributed by atoms with Gasteiger partial charge in [0.05, 0.1) is 5.75 Å². The summed E-state index contributed by atoms with van der Waals surface area (Å²) in [6.45, 7) is 4.06. The number of carbonyl (C=O) groups is 2. The van der Waals surface area contributed by atoms with Crippen LogP contribution in [0.25, 0.3) is 0 Å². The summed E-state index contributed by atoms with van der Waals surface area (Å²) in [5.74, 6) is 1.74. The quantitative estimate of drug-likeness (QED) is 0.840. The van der Waals surface area contributed by atoms with Crippen LogP contribution in [0.1, 0.15) is 30.9 Å². The van der Waals surface area contributed by atoms with Crippen LogP contribution in [0.3, 0.4) is 0 Å². The SMILES string of the molecule is CCSCC(=O)NCc1ccccc1CN1CCCC1=O. The fourth-order valence-corrected chi connectivity index (χ4v) is 2.89. The number of likely N-dealkylation sites (tertiary alicyclic amines) is 1. The Morgan fingerprint density at radius 2 is 2.10 bits per heavy atom. The average Bonchev–Trinajstić information content (AvgIpc) is 2.89. The number of carbonyl (C=O) groups excluding carboxylic acids is 2. The molecule has 5 heteroatoms. The number of nitrogens with one attached hydrogen (secondary N) is 1. The summed E-state index contributed by atoms with van der Waals surface area (Å²) in [5.41, 5.74) is 2.21. The molecule has 2 rings (SSSR count). The zero-order valence-electron chi connectivity index (χ0n) is 12.4. The molecule has 1 aliphatic heterocycles. The van der Waals surface area contributed by atoms with Crippen molar-refractivity contribution >= 4 is 23.6 Å². The Hall–Kier alpha value is -1.49. The Morgan fingerprint density at radius 1 is 1.33 bits per heavy atom. The minimum atomic E-state index is 0.0638. The fraction of sp³-hybridized carbons (Fsp3) is 0.500. The van der Waals surface area contributed by atoms with Crippen molar-refractivity contribution in [2.75, 3.05) is 18.1 Å². The van der Waals surface area contributed by atoms with Crippen molar-refractivity contribution in [3.8, 4) is 0 Å². The van der Waals surface area contributed by atoms with Gasteiger partial charge in [-0.1, -0.05) is 31.2 Å². The molecule has 0 saturated carbocycles. The van der Waals surface area contributed by atoms with E-state index in [0.29, 0.717) is 25.3 Å². The number of nitrogens with zero attached hydrogens (tertiary/aromatic N) is 1. The van der Waals surface area contributed by atoms with E-state index in [9.17, 15) is 9.59 Å². The van der Waals surface area contributed by atoms with Gasteiger partial charge in [-0.3, -0.25) is 9.59 Å². The van der Waals surface area contributed by atoms with Crippen LogP contribution in [0.5, 0.6) is 0 Å². The van der Waals surface area contributed by atoms with Crippen LogP contribution in [-0.4, -0.2) is 34.8 Å². The van der Waals surface area contributed by atoms with Gasteiger partial charge in [0.2, 0.25) is 11.8 Å². The lowest BCUT2D eigenvalue weighted by Gasteiger charge is -2.18. The van der Waals surface area contributed by atoms with Crippen LogP contribution in [0.2, 0.25) is 0 Å². The summed E-state index contributed by atoms with van der Waals surface area (Å²) in [4.78, 5) is 25.3.